The number of nitrogens with zero attached hydrogens (tertiary/aromatic N) is 1. The van der Waals surface area contributed by atoms with Gasteiger partial charge >= 0.3 is 5.97 Å². The molecule has 0 unspecified atom stereocenters. The van der Waals surface area contributed by atoms with E-state index in [4.69, 9.17) is 5.11 Å². The molecule has 4 heteroatoms. The average Bonchev–Trinajstić information content (AvgIpc) is 2.46. The summed E-state index contributed by atoms with van der Waals surface area (Å²) in [7, 11) is 0. The second kappa shape index (κ2) is 6.60. The number of hydrogen-bond donors (Lipinski definition) is 1. The van der Waals surface area contributed by atoms with Gasteiger partial charge in [-0.3, -0.25) is 4.79 Å². The number of benzene rings is 1. The van der Waals surface area contributed by atoms with Crippen LogP contribution in [0.15, 0.2) is 41.2 Å². The molecule has 0 fully saturated rings. The van der Waals surface area contributed by atoms with E-state index in [2.05, 4.69) is 13.8 Å². The second-order valence-corrected chi connectivity index (χ2v) is 5.94. The Morgan fingerprint density at radius 1 is 1.14 bits per heavy atom. The molecule has 22 heavy (non-hydrogen) atoms. The van der Waals surface area contributed by atoms with Crippen molar-refractivity contribution in [3.05, 3.63) is 57.9 Å². The lowest BCUT2D eigenvalue weighted by Crippen LogP contribution is -2.28. The summed E-state index contributed by atoms with van der Waals surface area (Å²) in [5.74, 6) is -0.745. The normalized spacial score (nSPS) is 10.9. The van der Waals surface area contributed by atoms with Crippen LogP contribution in [0.5, 0.6) is 0 Å². The van der Waals surface area contributed by atoms with Gasteiger partial charge in [0, 0.05) is 6.54 Å². The lowest BCUT2D eigenvalue weighted by atomic mass is 10.1. The summed E-state index contributed by atoms with van der Waals surface area (Å²) in [6.07, 6.45) is 0.821. The lowest BCUT2D eigenvalue weighted by Gasteiger charge is -2.15. The molecule has 0 spiro atoms. The number of pyridine rings is 1. The minimum absolute atomic E-state index is 0.181. The molecule has 2 rings (SSSR count). The minimum Gasteiger partial charge on any atom is -0.477 e. The summed E-state index contributed by atoms with van der Waals surface area (Å²) >= 11 is 0. The predicted molar refractivity (Wildman–Crippen MR) is 87.3 cm³/mol. The molecule has 0 amide bonds. The van der Waals surface area contributed by atoms with Gasteiger partial charge < -0.3 is 9.67 Å². The monoisotopic (exact) mass is 299 g/mol. The van der Waals surface area contributed by atoms with Crippen LogP contribution in [-0.4, -0.2) is 15.6 Å². The average molecular weight is 299 g/mol. The smallest absolute Gasteiger partial charge is 0.341 e. The predicted octanol–water partition coefficient (Wildman–Crippen LogP) is 3.57. The minimum atomic E-state index is -1.18. The van der Waals surface area contributed by atoms with Gasteiger partial charge in [-0.05, 0) is 37.0 Å². The Balaban J connectivity index is 2.57. The van der Waals surface area contributed by atoms with Crippen LogP contribution in [0, 0.1) is 12.8 Å². The topological polar surface area (TPSA) is 59.3 Å². The van der Waals surface area contributed by atoms with Gasteiger partial charge in [-0.15, -0.1) is 0 Å². The van der Waals surface area contributed by atoms with E-state index in [1.165, 1.54) is 6.07 Å². The maximum atomic E-state index is 12.5. The molecule has 0 atom stereocenters. The van der Waals surface area contributed by atoms with Crippen molar-refractivity contribution in [3.63, 3.8) is 0 Å². The third-order valence-corrected chi connectivity index (χ3v) is 3.68. The number of carbonyl (C=O) groups is 1. The molecule has 4 nitrogen and oxygen atoms in total. The summed E-state index contributed by atoms with van der Waals surface area (Å²) in [5.41, 5.74) is 2.20. The van der Waals surface area contributed by atoms with Gasteiger partial charge in [0.1, 0.15) is 5.56 Å². The van der Waals surface area contributed by atoms with Crippen molar-refractivity contribution in [2.45, 2.75) is 33.7 Å². The first kappa shape index (κ1) is 16.0. The summed E-state index contributed by atoms with van der Waals surface area (Å²) < 4.78 is 1.58. The van der Waals surface area contributed by atoms with Crippen molar-refractivity contribution in [2.75, 3.05) is 0 Å². The van der Waals surface area contributed by atoms with Gasteiger partial charge in [-0.1, -0.05) is 43.7 Å². The van der Waals surface area contributed by atoms with Crippen molar-refractivity contribution in [2.24, 2.45) is 5.92 Å². The van der Waals surface area contributed by atoms with Crippen LogP contribution in [0.25, 0.3) is 11.3 Å². The Morgan fingerprint density at radius 2 is 1.77 bits per heavy atom. The van der Waals surface area contributed by atoms with Gasteiger partial charge in [-0.2, -0.15) is 0 Å². The lowest BCUT2D eigenvalue weighted by molar-refractivity contribution is 0.0694. The van der Waals surface area contributed by atoms with Gasteiger partial charge in [0.05, 0.1) is 5.69 Å². The number of hydrogen-bond acceptors (Lipinski definition) is 2. The summed E-state index contributed by atoms with van der Waals surface area (Å²) in [5, 5.41) is 9.15. The van der Waals surface area contributed by atoms with Crippen LogP contribution < -0.4 is 5.56 Å². The number of aryl methyl sites for hydroxylation is 1. The molecule has 0 bridgehead atoms. The Hall–Kier alpha value is -2.36. The number of carboxylic acids is 1. The molecule has 2 aromatic rings. The Kier molecular flexibility index (Phi) is 4.81. The molecule has 116 valence electrons. The number of aromatic nitrogens is 1. The molecule has 0 saturated heterocycles. The molecule has 0 aliphatic heterocycles. The van der Waals surface area contributed by atoms with Gasteiger partial charge in [0.25, 0.3) is 5.56 Å². The maximum Gasteiger partial charge on any atom is 0.341 e. The first-order valence-electron chi connectivity index (χ1n) is 7.44. The van der Waals surface area contributed by atoms with Crippen molar-refractivity contribution >= 4 is 5.97 Å². The van der Waals surface area contributed by atoms with E-state index in [1.807, 2.05) is 31.2 Å². The highest BCUT2D eigenvalue weighted by atomic mass is 16.4. The zero-order valence-corrected chi connectivity index (χ0v) is 13.2. The van der Waals surface area contributed by atoms with Crippen LogP contribution in [0.2, 0.25) is 0 Å². The van der Waals surface area contributed by atoms with Gasteiger partial charge in [-0.25, -0.2) is 4.79 Å². The van der Waals surface area contributed by atoms with Crippen LogP contribution >= 0.6 is 0 Å². The number of aromatic carboxylic acids is 1. The third kappa shape index (κ3) is 3.45. The van der Waals surface area contributed by atoms with Crippen molar-refractivity contribution in [1.29, 1.82) is 0 Å². The molecule has 0 saturated carbocycles. The highest BCUT2D eigenvalue weighted by Gasteiger charge is 2.15. The molecule has 1 N–H and O–H groups in total. The first-order valence-corrected chi connectivity index (χ1v) is 7.44. The van der Waals surface area contributed by atoms with E-state index in [9.17, 15) is 9.59 Å². The van der Waals surface area contributed by atoms with Crippen molar-refractivity contribution < 1.29 is 9.90 Å². The Morgan fingerprint density at radius 3 is 2.32 bits per heavy atom. The quantitative estimate of drug-likeness (QED) is 0.918. The molecule has 0 radical (unpaired) electrons. The molecular formula is C18H21NO3. The van der Waals surface area contributed by atoms with E-state index >= 15 is 0 Å². The van der Waals surface area contributed by atoms with E-state index in [-0.39, 0.29) is 5.56 Å². The molecule has 0 aliphatic rings. The summed E-state index contributed by atoms with van der Waals surface area (Å²) in [6, 6.07) is 11.0. The Labute approximate surface area is 130 Å². The zero-order valence-electron chi connectivity index (χ0n) is 13.2. The van der Waals surface area contributed by atoms with Crippen LogP contribution in [0.1, 0.15) is 36.2 Å². The largest absolute Gasteiger partial charge is 0.477 e. The Bertz CT molecular complexity index is 727. The van der Waals surface area contributed by atoms with E-state index < -0.39 is 11.5 Å². The highest BCUT2D eigenvalue weighted by molar-refractivity contribution is 5.87. The van der Waals surface area contributed by atoms with Crippen molar-refractivity contribution in [3.8, 4) is 11.3 Å². The molecule has 1 aromatic heterocycles. The highest BCUT2D eigenvalue weighted by Crippen LogP contribution is 2.20. The maximum absolute atomic E-state index is 12.5. The standard InChI is InChI=1S/C18H21NO3/c1-12(2)10-11-19-16(14-6-4-13(3)5-7-14)9-8-15(17(19)20)18(21)22/h4-9,12H,10-11H2,1-3H3,(H,21,22). The first-order chi connectivity index (χ1) is 10.4. The van der Waals surface area contributed by atoms with E-state index in [0.29, 0.717) is 12.5 Å². The zero-order chi connectivity index (χ0) is 16.3. The fourth-order valence-electron chi connectivity index (χ4n) is 2.33. The van der Waals surface area contributed by atoms with E-state index in [1.54, 1.807) is 10.6 Å². The van der Waals surface area contributed by atoms with E-state index in [0.717, 1.165) is 23.2 Å². The number of carboxylic acid groups (broad SMARTS) is 1. The molecule has 1 heterocycles. The SMILES string of the molecule is Cc1ccc(-c2ccc(C(=O)O)c(=O)n2CCC(C)C)cc1. The van der Waals surface area contributed by atoms with Gasteiger partial charge in [0.2, 0.25) is 0 Å². The van der Waals surface area contributed by atoms with Crippen LogP contribution in [0.4, 0.5) is 0 Å². The van der Waals surface area contributed by atoms with Crippen LogP contribution in [0.3, 0.4) is 0 Å². The van der Waals surface area contributed by atoms with Crippen LogP contribution in [-0.2, 0) is 6.54 Å². The summed E-state index contributed by atoms with van der Waals surface area (Å²) in [6.45, 7) is 6.68. The molecule has 1 aromatic carbocycles. The third-order valence-electron chi connectivity index (χ3n) is 3.68. The second-order valence-electron chi connectivity index (χ2n) is 5.94. The summed E-state index contributed by atoms with van der Waals surface area (Å²) in [4.78, 5) is 23.7. The fourth-order valence-corrected chi connectivity index (χ4v) is 2.33. The van der Waals surface area contributed by atoms with Crippen molar-refractivity contribution in [1.82, 2.24) is 4.57 Å². The number of rotatable bonds is 5. The fraction of sp³-hybridized carbons (Fsp3) is 0.333. The molecular weight excluding hydrogens is 278 g/mol. The molecule has 0 aliphatic carbocycles. The van der Waals surface area contributed by atoms with Gasteiger partial charge in [0.15, 0.2) is 0 Å².